The SMILES string of the molecule is CC(C)C1(O)CCN(C(=O)c2ccc(-c3ccc4cccc(S(N)(=O)=O)c4n3)cc2)CC1. The van der Waals surface area contributed by atoms with E-state index < -0.39 is 15.6 Å². The minimum atomic E-state index is -3.90. The van der Waals surface area contributed by atoms with Crippen LogP contribution in [-0.4, -0.2) is 48.0 Å². The Morgan fingerprint density at radius 1 is 1.06 bits per heavy atom. The van der Waals surface area contributed by atoms with Crippen LogP contribution < -0.4 is 5.14 Å². The van der Waals surface area contributed by atoms with E-state index in [1.165, 1.54) is 6.07 Å². The Balaban J connectivity index is 1.57. The van der Waals surface area contributed by atoms with Crippen LogP contribution in [0.3, 0.4) is 0 Å². The van der Waals surface area contributed by atoms with Crippen molar-refractivity contribution in [3.63, 3.8) is 0 Å². The maximum absolute atomic E-state index is 12.9. The first-order valence-corrected chi connectivity index (χ1v) is 12.2. The second-order valence-corrected chi connectivity index (χ2v) is 10.2. The second-order valence-electron chi connectivity index (χ2n) is 8.70. The molecule has 32 heavy (non-hydrogen) atoms. The fourth-order valence-corrected chi connectivity index (χ4v) is 4.85. The molecule has 1 aliphatic heterocycles. The molecule has 0 bridgehead atoms. The molecule has 3 N–H and O–H groups in total. The average molecular weight is 454 g/mol. The van der Waals surface area contributed by atoms with E-state index in [-0.39, 0.29) is 16.7 Å². The van der Waals surface area contributed by atoms with Crippen LogP contribution in [0.4, 0.5) is 0 Å². The van der Waals surface area contributed by atoms with E-state index in [0.29, 0.717) is 48.1 Å². The Labute approximate surface area is 187 Å². The van der Waals surface area contributed by atoms with Crippen molar-refractivity contribution in [3.8, 4) is 11.3 Å². The van der Waals surface area contributed by atoms with Gasteiger partial charge < -0.3 is 10.0 Å². The average Bonchev–Trinajstić information content (AvgIpc) is 2.78. The van der Waals surface area contributed by atoms with E-state index in [4.69, 9.17) is 5.14 Å². The van der Waals surface area contributed by atoms with Gasteiger partial charge in [0.2, 0.25) is 10.0 Å². The monoisotopic (exact) mass is 453 g/mol. The summed E-state index contributed by atoms with van der Waals surface area (Å²) in [5.74, 6) is 0.0913. The van der Waals surface area contributed by atoms with Crippen molar-refractivity contribution in [1.29, 1.82) is 0 Å². The Morgan fingerprint density at radius 3 is 2.31 bits per heavy atom. The molecule has 1 saturated heterocycles. The third-order valence-corrected chi connectivity index (χ3v) is 7.35. The minimum Gasteiger partial charge on any atom is -0.389 e. The zero-order valence-corrected chi connectivity index (χ0v) is 19.0. The lowest BCUT2D eigenvalue weighted by molar-refractivity contribution is -0.0512. The van der Waals surface area contributed by atoms with Crippen molar-refractivity contribution < 1.29 is 18.3 Å². The maximum atomic E-state index is 12.9. The molecule has 0 atom stereocenters. The summed E-state index contributed by atoms with van der Waals surface area (Å²) in [6.07, 6.45) is 1.14. The van der Waals surface area contributed by atoms with E-state index >= 15 is 0 Å². The molecule has 0 unspecified atom stereocenters. The molecule has 1 aliphatic rings. The van der Waals surface area contributed by atoms with Gasteiger partial charge >= 0.3 is 0 Å². The molecule has 8 heteroatoms. The number of carbonyl (C=O) groups excluding carboxylic acids is 1. The molecular weight excluding hydrogens is 426 g/mol. The molecule has 1 fully saturated rings. The fourth-order valence-electron chi connectivity index (χ4n) is 4.15. The molecule has 2 aromatic carbocycles. The highest BCUT2D eigenvalue weighted by atomic mass is 32.2. The summed E-state index contributed by atoms with van der Waals surface area (Å²) in [5, 5.41) is 16.7. The van der Waals surface area contributed by atoms with Crippen molar-refractivity contribution in [1.82, 2.24) is 9.88 Å². The predicted molar refractivity (Wildman–Crippen MR) is 123 cm³/mol. The van der Waals surface area contributed by atoms with E-state index in [1.807, 2.05) is 19.9 Å². The number of fused-ring (bicyclic) bond motifs is 1. The van der Waals surface area contributed by atoms with Gasteiger partial charge in [0.05, 0.1) is 16.8 Å². The smallest absolute Gasteiger partial charge is 0.253 e. The largest absolute Gasteiger partial charge is 0.389 e. The number of amides is 1. The Kier molecular flexibility index (Phi) is 5.79. The van der Waals surface area contributed by atoms with Crippen LogP contribution in [0.5, 0.6) is 0 Å². The maximum Gasteiger partial charge on any atom is 0.253 e. The van der Waals surface area contributed by atoms with Gasteiger partial charge in [-0.1, -0.05) is 44.2 Å². The molecule has 168 valence electrons. The number of sulfonamides is 1. The molecule has 0 radical (unpaired) electrons. The van der Waals surface area contributed by atoms with Crippen molar-refractivity contribution in [2.24, 2.45) is 11.1 Å². The Hall–Kier alpha value is -2.81. The molecule has 1 aromatic heterocycles. The topological polar surface area (TPSA) is 114 Å². The molecular formula is C24H27N3O4S. The lowest BCUT2D eigenvalue weighted by atomic mass is 9.81. The summed E-state index contributed by atoms with van der Waals surface area (Å²) < 4.78 is 23.8. The summed E-state index contributed by atoms with van der Waals surface area (Å²) in [5.41, 5.74) is 1.53. The standard InChI is InChI=1S/C24H27N3O4S/c1-16(2)24(29)12-14-27(15-13-24)23(28)19-8-6-17(7-9-19)20-11-10-18-4-3-5-21(22(18)26-20)32(25,30)31/h3-11,16,29H,12-15H2,1-2H3,(H2,25,30,31). The summed E-state index contributed by atoms with van der Waals surface area (Å²) in [7, 11) is -3.90. The Morgan fingerprint density at radius 2 is 1.72 bits per heavy atom. The second kappa shape index (κ2) is 8.27. The molecule has 3 aromatic rings. The summed E-state index contributed by atoms with van der Waals surface area (Å²) in [4.78, 5) is 19.2. The van der Waals surface area contributed by atoms with Crippen LogP contribution in [0.15, 0.2) is 59.5 Å². The molecule has 7 nitrogen and oxygen atoms in total. The number of carbonyl (C=O) groups is 1. The molecule has 4 rings (SSSR count). The molecule has 2 heterocycles. The predicted octanol–water partition coefficient (Wildman–Crippen LogP) is 3.17. The molecule has 1 amide bonds. The van der Waals surface area contributed by atoms with Gasteiger partial charge in [0.15, 0.2) is 0 Å². The lowest BCUT2D eigenvalue weighted by Gasteiger charge is -2.40. The van der Waals surface area contributed by atoms with Crippen molar-refractivity contribution >= 4 is 26.8 Å². The number of rotatable bonds is 4. The van der Waals surface area contributed by atoms with E-state index in [2.05, 4.69) is 4.98 Å². The number of nitrogens with two attached hydrogens (primary N) is 1. The first-order chi connectivity index (χ1) is 15.1. The highest BCUT2D eigenvalue weighted by Gasteiger charge is 2.36. The van der Waals surface area contributed by atoms with Crippen LogP contribution in [-0.2, 0) is 10.0 Å². The number of nitrogens with zero attached hydrogens (tertiary/aromatic N) is 2. The summed E-state index contributed by atoms with van der Waals surface area (Å²) in [6.45, 7) is 5.06. The van der Waals surface area contributed by atoms with E-state index in [0.717, 1.165) is 5.56 Å². The van der Waals surface area contributed by atoms with Gasteiger partial charge in [0.1, 0.15) is 4.90 Å². The number of hydrogen-bond donors (Lipinski definition) is 2. The van der Waals surface area contributed by atoms with Crippen LogP contribution in [0.2, 0.25) is 0 Å². The minimum absolute atomic E-state index is 0.0184. The van der Waals surface area contributed by atoms with Gasteiger partial charge in [-0.15, -0.1) is 0 Å². The van der Waals surface area contributed by atoms with Crippen molar-refractivity contribution in [2.45, 2.75) is 37.2 Å². The van der Waals surface area contributed by atoms with Crippen LogP contribution in [0.25, 0.3) is 22.2 Å². The first kappa shape index (κ1) is 22.4. The van der Waals surface area contributed by atoms with E-state index in [1.54, 1.807) is 47.4 Å². The number of piperidine rings is 1. The number of hydrogen-bond acceptors (Lipinski definition) is 5. The zero-order valence-electron chi connectivity index (χ0n) is 18.2. The lowest BCUT2D eigenvalue weighted by Crippen LogP contribution is -2.49. The number of aromatic nitrogens is 1. The van der Waals surface area contributed by atoms with Gasteiger partial charge in [-0.2, -0.15) is 0 Å². The highest BCUT2D eigenvalue weighted by Crippen LogP contribution is 2.30. The fraction of sp³-hybridized carbons (Fsp3) is 0.333. The third kappa shape index (κ3) is 4.26. The number of pyridine rings is 1. The number of para-hydroxylation sites is 1. The first-order valence-electron chi connectivity index (χ1n) is 10.6. The number of likely N-dealkylation sites (tertiary alicyclic amines) is 1. The molecule has 0 spiro atoms. The van der Waals surface area contributed by atoms with Gasteiger partial charge in [-0.3, -0.25) is 4.79 Å². The van der Waals surface area contributed by atoms with Crippen LogP contribution in [0, 0.1) is 5.92 Å². The van der Waals surface area contributed by atoms with Crippen LogP contribution in [0.1, 0.15) is 37.0 Å². The van der Waals surface area contributed by atoms with Crippen LogP contribution >= 0.6 is 0 Å². The normalized spacial score (nSPS) is 16.5. The molecule has 0 saturated carbocycles. The summed E-state index contributed by atoms with van der Waals surface area (Å²) in [6, 6.07) is 15.6. The quantitative estimate of drug-likeness (QED) is 0.630. The molecule has 0 aliphatic carbocycles. The Bertz CT molecular complexity index is 1260. The van der Waals surface area contributed by atoms with Crippen molar-refractivity contribution in [2.75, 3.05) is 13.1 Å². The van der Waals surface area contributed by atoms with Gasteiger partial charge in [-0.25, -0.2) is 18.5 Å². The number of primary sulfonamides is 1. The zero-order chi connectivity index (χ0) is 23.1. The summed E-state index contributed by atoms with van der Waals surface area (Å²) >= 11 is 0. The highest BCUT2D eigenvalue weighted by molar-refractivity contribution is 7.89. The van der Waals surface area contributed by atoms with Gasteiger partial charge in [-0.05, 0) is 43.0 Å². The van der Waals surface area contributed by atoms with E-state index in [9.17, 15) is 18.3 Å². The van der Waals surface area contributed by atoms with Gasteiger partial charge in [0.25, 0.3) is 5.91 Å². The van der Waals surface area contributed by atoms with Gasteiger partial charge in [0, 0.05) is 29.6 Å². The number of benzene rings is 2. The third-order valence-electron chi connectivity index (χ3n) is 6.41. The van der Waals surface area contributed by atoms with Crippen molar-refractivity contribution in [3.05, 3.63) is 60.2 Å². The number of aliphatic hydroxyl groups is 1.